The molecule has 4 nitrogen and oxygen atoms in total. The van der Waals surface area contributed by atoms with E-state index >= 15 is 0 Å². The molecule has 100 valence electrons. The molecule has 1 aliphatic carbocycles. The van der Waals surface area contributed by atoms with Crippen LogP contribution in [0.15, 0.2) is 22.7 Å². The third kappa shape index (κ3) is 2.19. The molecule has 0 saturated carbocycles. The van der Waals surface area contributed by atoms with Crippen LogP contribution in [0.2, 0.25) is 0 Å². The number of ether oxygens (including phenoxy) is 2. The molecule has 1 aliphatic rings. The van der Waals surface area contributed by atoms with E-state index in [4.69, 9.17) is 9.47 Å². The molecule has 0 atom stereocenters. The molecule has 0 saturated heterocycles. The number of rotatable bonds is 4. The molecule has 4 heteroatoms. The zero-order valence-corrected chi connectivity index (χ0v) is 11.8. The van der Waals surface area contributed by atoms with E-state index < -0.39 is 11.6 Å². The predicted molar refractivity (Wildman–Crippen MR) is 67.8 cm³/mol. The number of hydrogen-bond acceptors (Lipinski definition) is 4. The lowest BCUT2D eigenvalue weighted by Gasteiger charge is -2.25. The summed E-state index contributed by atoms with van der Waals surface area (Å²) in [5, 5.41) is 0. The predicted octanol–water partition coefficient (Wildman–Crippen LogP) is 2.25. The van der Waals surface area contributed by atoms with Crippen LogP contribution in [0.5, 0.6) is 0 Å². The van der Waals surface area contributed by atoms with Crippen molar-refractivity contribution in [2.75, 3.05) is 14.2 Å². The fourth-order valence-corrected chi connectivity index (χ4v) is 2.15. The Kier molecular flexibility index (Phi) is 4.33. The highest BCUT2D eigenvalue weighted by Crippen LogP contribution is 2.34. The fraction of sp³-hybridized carbons (Fsp3) is 0.571. The molecule has 0 aromatic heterocycles. The number of allylic oxidation sites excluding steroid dienone is 2. The Morgan fingerprint density at radius 1 is 0.722 bits per heavy atom. The van der Waals surface area contributed by atoms with Crippen LogP contribution in [0.3, 0.4) is 0 Å². The summed E-state index contributed by atoms with van der Waals surface area (Å²) in [7, 11) is 2.97. The average Bonchev–Trinajstić information content (AvgIpc) is 2.30. The van der Waals surface area contributed by atoms with Crippen molar-refractivity contribution < 1.29 is 19.1 Å². The fourth-order valence-electron chi connectivity index (χ4n) is 2.15. The van der Waals surface area contributed by atoms with E-state index in [0.29, 0.717) is 22.7 Å². The van der Waals surface area contributed by atoms with Crippen LogP contribution >= 0.6 is 0 Å². The molecule has 0 aromatic rings. The van der Waals surface area contributed by atoms with Crippen molar-refractivity contribution in [3.63, 3.8) is 0 Å². The van der Waals surface area contributed by atoms with Gasteiger partial charge in [-0.2, -0.15) is 0 Å². The normalized spacial score (nSPS) is 17.1. The van der Waals surface area contributed by atoms with Crippen LogP contribution in [0.25, 0.3) is 0 Å². The summed E-state index contributed by atoms with van der Waals surface area (Å²) < 4.78 is 10.6. The van der Waals surface area contributed by atoms with Crippen LogP contribution in [-0.2, 0) is 19.1 Å². The molecule has 0 spiro atoms. The highest BCUT2D eigenvalue weighted by Gasteiger charge is 2.38. The molecular formula is C14H20O4. The summed E-state index contributed by atoms with van der Waals surface area (Å²) in [6.45, 7) is 7.42. The summed E-state index contributed by atoms with van der Waals surface area (Å²) in [5.41, 5.74) is 0.785. The number of carbonyl (C=O) groups is 2. The molecule has 0 amide bonds. The maximum atomic E-state index is 12.1. The Balaban J connectivity index is 3.59. The third-order valence-corrected chi connectivity index (χ3v) is 2.95. The molecule has 18 heavy (non-hydrogen) atoms. The van der Waals surface area contributed by atoms with E-state index in [-0.39, 0.29) is 11.8 Å². The van der Waals surface area contributed by atoms with Gasteiger partial charge >= 0.3 is 0 Å². The second kappa shape index (κ2) is 5.38. The number of hydrogen-bond donors (Lipinski definition) is 0. The van der Waals surface area contributed by atoms with Crippen LogP contribution < -0.4 is 0 Å². The van der Waals surface area contributed by atoms with Crippen molar-refractivity contribution in [1.29, 1.82) is 0 Å². The van der Waals surface area contributed by atoms with Gasteiger partial charge in [0.05, 0.1) is 25.4 Å². The standard InChI is InChI=1S/C14H20O4/c1-7(2)9-11(15)12(16)10(8(3)4)14(18-6)13(9)17-5/h7-8H,1-6H3. The van der Waals surface area contributed by atoms with Gasteiger partial charge in [-0.05, 0) is 11.8 Å². The summed E-state index contributed by atoms with van der Waals surface area (Å²) in [6.07, 6.45) is 0. The lowest BCUT2D eigenvalue weighted by Crippen LogP contribution is -2.31. The molecule has 0 aliphatic heterocycles. The molecule has 0 unspecified atom stereocenters. The van der Waals surface area contributed by atoms with Gasteiger partial charge in [0.2, 0.25) is 11.6 Å². The smallest absolute Gasteiger partial charge is 0.233 e. The minimum atomic E-state index is -0.480. The first-order valence-electron chi connectivity index (χ1n) is 6.02. The van der Waals surface area contributed by atoms with Crippen molar-refractivity contribution in [3.8, 4) is 0 Å². The zero-order valence-electron chi connectivity index (χ0n) is 11.8. The first kappa shape index (κ1) is 14.5. The highest BCUT2D eigenvalue weighted by atomic mass is 16.5. The monoisotopic (exact) mass is 252 g/mol. The van der Waals surface area contributed by atoms with Gasteiger partial charge in [-0.15, -0.1) is 0 Å². The molecule has 0 aromatic carbocycles. The van der Waals surface area contributed by atoms with Gasteiger partial charge in [-0.3, -0.25) is 9.59 Å². The summed E-state index contributed by atoms with van der Waals surface area (Å²) >= 11 is 0. The number of methoxy groups -OCH3 is 2. The van der Waals surface area contributed by atoms with Gasteiger partial charge in [0, 0.05) is 0 Å². The molecular weight excluding hydrogens is 232 g/mol. The second-order valence-electron chi connectivity index (χ2n) is 4.86. The average molecular weight is 252 g/mol. The molecule has 0 heterocycles. The zero-order chi connectivity index (χ0) is 14.0. The van der Waals surface area contributed by atoms with Crippen molar-refractivity contribution in [3.05, 3.63) is 22.7 Å². The van der Waals surface area contributed by atoms with Crippen molar-refractivity contribution in [1.82, 2.24) is 0 Å². The van der Waals surface area contributed by atoms with Gasteiger partial charge < -0.3 is 9.47 Å². The second-order valence-corrected chi connectivity index (χ2v) is 4.86. The van der Waals surface area contributed by atoms with Gasteiger partial charge in [-0.25, -0.2) is 0 Å². The number of Topliss-reactive ketones (excluding diaryl/α,β-unsaturated/α-hetero) is 2. The molecule has 0 N–H and O–H groups in total. The van der Waals surface area contributed by atoms with E-state index in [1.165, 1.54) is 14.2 Å². The Hall–Kier alpha value is -1.58. The Morgan fingerprint density at radius 2 is 1.00 bits per heavy atom. The summed E-state index contributed by atoms with van der Waals surface area (Å²) in [5.74, 6) is -0.357. The Bertz CT molecular complexity index is 397. The third-order valence-electron chi connectivity index (χ3n) is 2.95. The van der Waals surface area contributed by atoms with Crippen LogP contribution in [0.4, 0.5) is 0 Å². The first-order chi connectivity index (χ1) is 8.36. The maximum absolute atomic E-state index is 12.1. The van der Waals surface area contributed by atoms with Crippen LogP contribution in [0, 0.1) is 11.8 Å². The topological polar surface area (TPSA) is 52.6 Å². The number of ketones is 2. The SMILES string of the molecule is COC1=C(C(C)C)C(=O)C(=O)C(C(C)C)=C1OC. The van der Waals surface area contributed by atoms with Crippen LogP contribution in [-0.4, -0.2) is 25.8 Å². The van der Waals surface area contributed by atoms with E-state index in [1.54, 1.807) is 0 Å². The van der Waals surface area contributed by atoms with Gasteiger partial charge in [0.15, 0.2) is 11.5 Å². The van der Waals surface area contributed by atoms with E-state index in [1.807, 2.05) is 27.7 Å². The van der Waals surface area contributed by atoms with E-state index in [9.17, 15) is 9.59 Å². The molecule has 0 radical (unpaired) electrons. The van der Waals surface area contributed by atoms with Crippen molar-refractivity contribution >= 4 is 11.6 Å². The molecule has 0 fully saturated rings. The largest absolute Gasteiger partial charge is 0.492 e. The summed E-state index contributed by atoms with van der Waals surface area (Å²) in [4.78, 5) is 24.3. The quantitative estimate of drug-likeness (QED) is 0.569. The van der Waals surface area contributed by atoms with Gasteiger partial charge in [-0.1, -0.05) is 27.7 Å². The molecule has 1 rings (SSSR count). The Morgan fingerprint density at radius 3 is 1.17 bits per heavy atom. The van der Waals surface area contributed by atoms with Crippen molar-refractivity contribution in [2.45, 2.75) is 27.7 Å². The Labute approximate surface area is 108 Å². The lowest BCUT2D eigenvalue weighted by atomic mass is 9.83. The minimum absolute atomic E-state index is 0.0877. The van der Waals surface area contributed by atoms with Crippen molar-refractivity contribution in [2.24, 2.45) is 11.8 Å². The highest BCUT2D eigenvalue weighted by molar-refractivity contribution is 6.50. The lowest BCUT2D eigenvalue weighted by molar-refractivity contribution is -0.133. The van der Waals surface area contributed by atoms with E-state index in [2.05, 4.69) is 0 Å². The summed E-state index contributed by atoms with van der Waals surface area (Å²) in [6, 6.07) is 0. The number of carbonyl (C=O) groups excluding carboxylic acids is 2. The van der Waals surface area contributed by atoms with E-state index in [0.717, 1.165) is 0 Å². The maximum Gasteiger partial charge on any atom is 0.233 e. The minimum Gasteiger partial charge on any atom is -0.492 e. The van der Waals surface area contributed by atoms with Crippen LogP contribution in [0.1, 0.15) is 27.7 Å². The molecule has 0 bridgehead atoms. The van der Waals surface area contributed by atoms with Gasteiger partial charge in [0.1, 0.15) is 0 Å². The first-order valence-corrected chi connectivity index (χ1v) is 6.02. The van der Waals surface area contributed by atoms with Gasteiger partial charge in [0.25, 0.3) is 0 Å².